The maximum absolute atomic E-state index is 14.2. The topological polar surface area (TPSA) is 240 Å². The van der Waals surface area contributed by atoms with Crippen molar-refractivity contribution in [1.29, 1.82) is 0 Å². The van der Waals surface area contributed by atoms with Crippen LogP contribution in [0.5, 0.6) is 0 Å². The van der Waals surface area contributed by atoms with Gasteiger partial charge in [0.1, 0.15) is 34.5 Å². The number of ketones is 1. The predicted octanol–water partition coefficient (Wildman–Crippen LogP) is 19.1. The molecule has 0 atom stereocenters. The molecule has 0 amide bonds. The Morgan fingerprint density at radius 2 is 0.783 bits per heavy atom. The lowest BCUT2D eigenvalue weighted by Gasteiger charge is -2.32. The number of alkyl halides is 9. The molecule has 115 heavy (non-hydrogen) atoms. The Kier molecular flexibility index (Phi) is 22.3. The van der Waals surface area contributed by atoms with Gasteiger partial charge in [-0.2, -0.15) is 44.6 Å². The Morgan fingerprint density at radius 3 is 1.12 bits per heavy atom. The summed E-state index contributed by atoms with van der Waals surface area (Å²) >= 11 is 3.36. The smallest absolute Gasteiger partial charge is 0.399 e. The van der Waals surface area contributed by atoms with Crippen LogP contribution in [0.25, 0.3) is 11.3 Å². The zero-order valence-electron chi connectivity index (χ0n) is 64.9. The summed E-state index contributed by atoms with van der Waals surface area (Å²) in [6.07, 6.45) is -12.3. The van der Waals surface area contributed by atoms with E-state index in [0.717, 1.165) is 39.2 Å². The number of nitrogens with one attached hydrogen (secondary N) is 3. The summed E-state index contributed by atoms with van der Waals surface area (Å²) < 4.78 is 222. The lowest BCUT2D eigenvalue weighted by molar-refractivity contribution is -0.141. The summed E-state index contributed by atoms with van der Waals surface area (Å²) in [5.41, 5.74) is 2.06. The number of anilines is 9. The Labute approximate surface area is 670 Å². The number of carbonyl (C=O) groups is 1. The van der Waals surface area contributed by atoms with Gasteiger partial charge < -0.3 is 25.3 Å². The molecule has 4 aliphatic heterocycles. The van der Waals surface area contributed by atoms with Crippen LogP contribution in [-0.4, -0.2) is 74.1 Å². The molecule has 0 saturated carbocycles. The highest BCUT2D eigenvalue weighted by Gasteiger charge is 2.52. The van der Waals surface area contributed by atoms with Crippen molar-refractivity contribution >= 4 is 116 Å². The number of aromatic nitrogens is 5. The fraction of sp³-hybridized carbons (Fsp3) is 0.321. The molecule has 606 valence electrons. The largest absolute Gasteiger partial charge is 0.494 e. The fourth-order valence-corrected chi connectivity index (χ4v) is 17.5. The van der Waals surface area contributed by atoms with E-state index < -0.39 is 84.0 Å². The second-order valence-corrected chi connectivity index (χ2v) is 38.7. The first-order valence-corrected chi connectivity index (χ1v) is 41.2. The van der Waals surface area contributed by atoms with Crippen LogP contribution in [0.3, 0.4) is 0 Å². The average molecular weight is 1710 g/mol. The van der Waals surface area contributed by atoms with Crippen LogP contribution in [0.1, 0.15) is 147 Å². The lowest BCUT2D eigenvalue weighted by Crippen LogP contribution is -2.41. The third kappa shape index (κ3) is 17.9. The zero-order chi connectivity index (χ0) is 84.1. The third-order valence-electron chi connectivity index (χ3n) is 20.1. The van der Waals surface area contributed by atoms with Gasteiger partial charge in [0, 0.05) is 32.9 Å². The molecule has 20 nitrogen and oxygen atoms in total. The molecule has 6 aromatic carbocycles. The van der Waals surface area contributed by atoms with Gasteiger partial charge >= 0.3 is 25.6 Å². The van der Waals surface area contributed by atoms with Crippen LogP contribution in [0.4, 0.5) is 91.1 Å². The summed E-state index contributed by atoms with van der Waals surface area (Å²) in [6.45, 7) is 26.8. The van der Waals surface area contributed by atoms with Crippen LogP contribution in [0.15, 0.2) is 195 Å². The first-order chi connectivity index (χ1) is 53.2. The van der Waals surface area contributed by atoms with E-state index >= 15 is 0 Å². The van der Waals surface area contributed by atoms with Crippen molar-refractivity contribution in [3.8, 4) is 11.3 Å². The minimum Gasteiger partial charge on any atom is -0.399 e. The van der Waals surface area contributed by atoms with Crippen molar-refractivity contribution in [3.63, 3.8) is 0 Å². The van der Waals surface area contributed by atoms with E-state index in [1.165, 1.54) is 50.5 Å². The number of sulfonamides is 3. The van der Waals surface area contributed by atoms with Crippen LogP contribution in [-0.2, 0) is 105 Å². The molecule has 1 saturated heterocycles. The van der Waals surface area contributed by atoms with Crippen LogP contribution < -0.4 is 34.3 Å². The summed E-state index contributed by atoms with van der Waals surface area (Å²) in [5.74, 6) is -0.260. The molecule has 0 bridgehead atoms. The van der Waals surface area contributed by atoms with Crippen molar-refractivity contribution in [2.75, 3.05) is 28.9 Å². The van der Waals surface area contributed by atoms with E-state index in [0.29, 0.717) is 43.7 Å². The maximum Gasteiger partial charge on any atom is 0.494 e. The zero-order valence-corrected chi connectivity index (χ0v) is 68.9. The standard InChI is InChI=1S/C29H33BF3N3O4S.C29H28F3N5O3S.C23H21BrF3N3O2S/c1-26(2,3)19-9-12-21(13-10-19)41(37,38)36-17-18-8-15-24(29(31,32)33)35-25(18)34-22-14-11-20(16-23(22)36)30-39-27(4,5)28(6,7)40-30;1-18(38)16-36-14-13-23(35-36)19-5-11-24-25(15-19)37(17-20-6-12-26(29(30,31)32)34-27(20)33-24)41(39,40)22-9-7-21(8-10-22)28(2,3)4;1-22(2,3)15-5-8-17(9-6-15)33(31,32)30-13-14-4-11-20(23(25,26)27)29-21(14)28-18-10-7-16(24)12-19(18)30/h8-16H,17H2,1-7H3,(H,34,35);5-15H,16-17H2,1-4H3,(H,33,34);4-12H,13H2,1-3H3,(H,28,29). The summed E-state index contributed by atoms with van der Waals surface area (Å²) in [5, 5.41) is 13.2. The third-order valence-corrected chi connectivity index (χ3v) is 25.9. The molecule has 0 aliphatic carbocycles. The van der Waals surface area contributed by atoms with Gasteiger partial charge in [0.15, 0.2) is 5.78 Å². The van der Waals surface area contributed by atoms with E-state index in [9.17, 15) is 69.6 Å². The number of benzene rings is 6. The van der Waals surface area contributed by atoms with Gasteiger partial charge in [0.2, 0.25) is 0 Å². The Bertz CT molecular complexity index is 5760. The Morgan fingerprint density at radius 1 is 0.452 bits per heavy atom. The van der Waals surface area contributed by atoms with E-state index in [1.807, 2.05) is 90.0 Å². The normalized spacial score (nSPS) is 15.5. The molecule has 34 heteroatoms. The highest BCUT2D eigenvalue weighted by molar-refractivity contribution is 9.10. The molecule has 0 spiro atoms. The average Bonchev–Trinajstić information content (AvgIpc) is 1.65. The summed E-state index contributed by atoms with van der Waals surface area (Å²) in [7, 11) is -13.2. The van der Waals surface area contributed by atoms with Crippen molar-refractivity contribution < 1.29 is 78.9 Å². The quantitative estimate of drug-likeness (QED) is 0.0852. The molecule has 0 unspecified atom stereocenters. The molecule has 0 radical (unpaired) electrons. The summed E-state index contributed by atoms with van der Waals surface area (Å²) in [4.78, 5) is 23.0. The highest BCUT2D eigenvalue weighted by Crippen LogP contribution is 2.47. The van der Waals surface area contributed by atoms with Crippen molar-refractivity contribution in [2.45, 2.75) is 184 Å². The number of hydrogen-bond acceptors (Lipinski definition) is 16. The van der Waals surface area contributed by atoms with Gasteiger partial charge in [-0.25, -0.2) is 40.2 Å². The molecule has 14 rings (SSSR count). The molecular formula is C81H82BBrF9N11O9S3. The van der Waals surface area contributed by atoms with Crippen LogP contribution in [0.2, 0.25) is 0 Å². The highest BCUT2D eigenvalue weighted by atomic mass is 79.9. The number of rotatable bonds is 10. The molecule has 8 heterocycles. The van der Waals surface area contributed by atoms with E-state index in [4.69, 9.17) is 9.31 Å². The molecule has 3 N–H and O–H groups in total. The SMILES string of the molecule is CC(=O)Cn1ccc(-c2ccc3c(c2)N(S(=O)(=O)c2ccc(C(C)(C)C)cc2)Cc2ccc(C(F)(F)F)nc2N3)n1.CC(C)(C)c1ccc(S(=O)(=O)N2Cc3ccc(C(F)(F)F)nc3Nc3ccc(B4OC(C)(C)C(C)(C)O4)cc32)cc1.CC(C)(C)c1ccc(S(=O)(=O)N2Cc3ccc(C(F)(F)F)nc3Nc3ccc(Br)cc32)cc1. The lowest BCUT2D eigenvalue weighted by atomic mass is 9.78. The molecular weight excluding hydrogens is 1630 g/mol. The molecule has 1 fully saturated rings. The number of fused-ring (bicyclic) bond motifs is 6. The number of pyridine rings is 3. The van der Waals surface area contributed by atoms with E-state index in [2.05, 4.69) is 51.9 Å². The van der Waals surface area contributed by atoms with Crippen molar-refractivity contribution in [1.82, 2.24) is 24.7 Å². The van der Waals surface area contributed by atoms with E-state index in [-0.39, 0.29) is 109 Å². The minimum atomic E-state index is -4.67. The second kappa shape index (κ2) is 30.3. The summed E-state index contributed by atoms with van der Waals surface area (Å²) in [6, 6.07) is 42.6. The Balaban J connectivity index is 0.000000160. The van der Waals surface area contributed by atoms with Gasteiger partial charge in [0.05, 0.1) is 91.9 Å². The number of carbonyl (C=O) groups excluding carboxylic acids is 1. The van der Waals surface area contributed by atoms with E-state index in [1.54, 1.807) is 128 Å². The molecule has 10 aromatic rings. The Hall–Kier alpha value is -9.87. The van der Waals surface area contributed by atoms with Crippen LogP contribution in [0, 0.1) is 0 Å². The maximum atomic E-state index is 14.2. The fourth-order valence-electron chi connectivity index (χ4n) is 12.8. The first-order valence-electron chi connectivity index (χ1n) is 36.1. The van der Waals surface area contributed by atoms with Crippen LogP contribution >= 0.6 is 15.9 Å². The van der Waals surface area contributed by atoms with Gasteiger partial charge in [-0.1, -0.05) is 145 Å². The minimum absolute atomic E-state index is 0.0332. The van der Waals surface area contributed by atoms with Crippen molar-refractivity contribution in [3.05, 3.63) is 231 Å². The number of halogens is 10. The molecule has 4 aromatic heterocycles. The number of hydrogen-bond donors (Lipinski definition) is 3. The number of Topliss-reactive ketones (excluding diaryl/α,β-unsaturated/α-hetero) is 1. The first kappa shape index (κ1) is 84.5. The van der Waals surface area contributed by atoms with Gasteiger partial charge in [-0.3, -0.25) is 22.4 Å². The second-order valence-electron chi connectivity index (χ2n) is 32.2. The predicted molar refractivity (Wildman–Crippen MR) is 428 cm³/mol. The van der Waals surface area contributed by atoms with Crippen molar-refractivity contribution in [2.24, 2.45) is 0 Å². The monoisotopic (exact) mass is 1710 g/mol. The molecule has 4 aliphatic rings. The van der Waals surface area contributed by atoms with Gasteiger partial charge in [-0.15, -0.1) is 0 Å². The van der Waals surface area contributed by atoms with Gasteiger partial charge in [-0.05, 0) is 176 Å². The van der Waals surface area contributed by atoms with Gasteiger partial charge in [0.25, 0.3) is 30.1 Å². The number of nitrogens with zero attached hydrogens (tertiary/aromatic N) is 8.